The average Bonchev–Trinajstić information content (AvgIpc) is 3.18. The van der Waals surface area contributed by atoms with E-state index in [1.54, 1.807) is 18.5 Å². The lowest BCUT2D eigenvalue weighted by molar-refractivity contribution is -0.111. The molecular formula is C24H19FN4O. The third kappa shape index (κ3) is 4.86. The van der Waals surface area contributed by atoms with Crippen molar-refractivity contribution >= 4 is 17.7 Å². The fourth-order valence-electron chi connectivity index (χ4n) is 3.02. The van der Waals surface area contributed by atoms with Crippen molar-refractivity contribution in [1.29, 1.82) is 0 Å². The van der Waals surface area contributed by atoms with E-state index in [9.17, 15) is 9.18 Å². The summed E-state index contributed by atoms with van der Waals surface area (Å²) in [5.41, 5.74) is 4.06. The van der Waals surface area contributed by atoms with E-state index in [2.05, 4.69) is 10.3 Å². The normalized spacial score (nSPS) is 11.0. The molecule has 30 heavy (non-hydrogen) atoms. The second kappa shape index (κ2) is 8.96. The number of carbonyl (C=O) groups excluding carboxylic acids is 1. The zero-order valence-corrected chi connectivity index (χ0v) is 16.1. The summed E-state index contributed by atoms with van der Waals surface area (Å²) in [7, 11) is 0. The first-order valence-electron chi connectivity index (χ1n) is 9.44. The van der Waals surface area contributed by atoms with E-state index in [-0.39, 0.29) is 11.7 Å². The van der Waals surface area contributed by atoms with E-state index in [4.69, 9.17) is 5.10 Å². The molecule has 0 radical (unpaired) electrons. The van der Waals surface area contributed by atoms with Crippen molar-refractivity contribution in [3.8, 4) is 11.3 Å². The van der Waals surface area contributed by atoms with E-state index in [1.807, 2.05) is 53.3 Å². The smallest absolute Gasteiger partial charge is 0.248 e. The molecule has 5 nitrogen and oxygen atoms in total. The number of halogens is 1. The maximum Gasteiger partial charge on any atom is 0.248 e. The van der Waals surface area contributed by atoms with Gasteiger partial charge in [0.25, 0.3) is 0 Å². The predicted octanol–water partition coefficient (Wildman–Crippen LogP) is 4.78. The Hall–Kier alpha value is -4.06. The molecule has 2 aromatic carbocycles. The topological polar surface area (TPSA) is 59.8 Å². The zero-order valence-electron chi connectivity index (χ0n) is 16.1. The van der Waals surface area contributed by atoms with Crippen LogP contribution in [0.3, 0.4) is 0 Å². The minimum absolute atomic E-state index is 0.311. The number of nitrogens with zero attached hydrogens (tertiary/aromatic N) is 3. The molecule has 0 aliphatic rings. The number of anilines is 1. The SMILES string of the molecule is O=C(/C=C/c1cn(Cc2ccccc2)nc1-c1cccnc1)Nc1ccc(F)cc1. The van der Waals surface area contributed by atoms with Gasteiger partial charge in [-0.05, 0) is 48.0 Å². The number of hydrogen-bond donors (Lipinski definition) is 1. The van der Waals surface area contributed by atoms with Crippen LogP contribution in [0.1, 0.15) is 11.1 Å². The molecule has 0 fully saturated rings. The molecule has 0 bridgehead atoms. The Balaban J connectivity index is 1.58. The highest BCUT2D eigenvalue weighted by Gasteiger charge is 2.10. The van der Waals surface area contributed by atoms with Crippen molar-refractivity contribution in [2.24, 2.45) is 0 Å². The summed E-state index contributed by atoms with van der Waals surface area (Å²) >= 11 is 0. The van der Waals surface area contributed by atoms with Gasteiger partial charge in [-0.2, -0.15) is 5.10 Å². The van der Waals surface area contributed by atoms with Gasteiger partial charge in [0, 0.05) is 41.5 Å². The summed E-state index contributed by atoms with van der Waals surface area (Å²) in [4.78, 5) is 16.5. The van der Waals surface area contributed by atoms with Gasteiger partial charge in [-0.25, -0.2) is 4.39 Å². The number of benzene rings is 2. The van der Waals surface area contributed by atoms with Crippen molar-refractivity contribution in [3.63, 3.8) is 0 Å². The average molecular weight is 398 g/mol. The van der Waals surface area contributed by atoms with Crippen LogP contribution in [0, 0.1) is 5.82 Å². The summed E-state index contributed by atoms with van der Waals surface area (Å²) in [5, 5.41) is 7.41. The fourth-order valence-corrected chi connectivity index (χ4v) is 3.02. The molecule has 1 amide bonds. The highest BCUT2D eigenvalue weighted by Crippen LogP contribution is 2.23. The zero-order chi connectivity index (χ0) is 20.8. The third-order valence-electron chi connectivity index (χ3n) is 4.44. The first-order valence-corrected chi connectivity index (χ1v) is 9.44. The quantitative estimate of drug-likeness (QED) is 0.475. The molecule has 0 atom stereocenters. The fraction of sp³-hybridized carbons (Fsp3) is 0.0417. The number of rotatable bonds is 6. The first-order chi connectivity index (χ1) is 14.7. The number of carbonyl (C=O) groups is 1. The highest BCUT2D eigenvalue weighted by molar-refractivity contribution is 6.02. The van der Waals surface area contributed by atoms with Crippen LogP contribution in [-0.2, 0) is 11.3 Å². The van der Waals surface area contributed by atoms with Crippen molar-refractivity contribution < 1.29 is 9.18 Å². The minimum atomic E-state index is -0.351. The maximum absolute atomic E-state index is 13.0. The molecule has 0 saturated heterocycles. The van der Waals surface area contributed by atoms with Crippen molar-refractivity contribution in [3.05, 3.63) is 108 Å². The molecule has 2 aromatic heterocycles. The second-order valence-electron chi connectivity index (χ2n) is 6.69. The Labute approximate surface area is 173 Å². The number of hydrogen-bond acceptors (Lipinski definition) is 3. The third-order valence-corrected chi connectivity index (χ3v) is 4.44. The second-order valence-corrected chi connectivity index (χ2v) is 6.69. The van der Waals surface area contributed by atoms with Gasteiger partial charge in [0.1, 0.15) is 11.5 Å². The Morgan fingerprint density at radius 1 is 1.03 bits per heavy atom. The summed E-state index contributed by atoms with van der Waals surface area (Å²) in [6.45, 7) is 0.615. The first kappa shape index (κ1) is 19.3. The molecule has 148 valence electrons. The molecule has 4 rings (SSSR count). The molecule has 1 N–H and O–H groups in total. The van der Waals surface area contributed by atoms with Crippen LogP contribution < -0.4 is 5.32 Å². The van der Waals surface area contributed by atoms with Crippen molar-refractivity contribution in [1.82, 2.24) is 14.8 Å². The molecule has 0 spiro atoms. The molecule has 6 heteroatoms. The predicted molar refractivity (Wildman–Crippen MR) is 115 cm³/mol. The molecule has 4 aromatic rings. The monoisotopic (exact) mass is 398 g/mol. The van der Waals surface area contributed by atoms with Crippen LogP contribution in [-0.4, -0.2) is 20.7 Å². The van der Waals surface area contributed by atoms with Gasteiger partial charge < -0.3 is 5.32 Å². The summed E-state index contributed by atoms with van der Waals surface area (Å²) in [6, 6.07) is 19.4. The van der Waals surface area contributed by atoms with Crippen LogP contribution in [0.5, 0.6) is 0 Å². The van der Waals surface area contributed by atoms with E-state index >= 15 is 0 Å². The van der Waals surface area contributed by atoms with Crippen LogP contribution in [0.25, 0.3) is 17.3 Å². The summed E-state index contributed by atoms with van der Waals surface area (Å²) < 4.78 is 14.9. The molecule has 0 aliphatic heterocycles. The Kier molecular flexibility index (Phi) is 5.75. The van der Waals surface area contributed by atoms with E-state index in [0.717, 1.165) is 22.4 Å². The Morgan fingerprint density at radius 3 is 2.57 bits per heavy atom. The van der Waals surface area contributed by atoms with Crippen LogP contribution >= 0.6 is 0 Å². The van der Waals surface area contributed by atoms with E-state index in [1.165, 1.54) is 30.3 Å². The van der Waals surface area contributed by atoms with E-state index < -0.39 is 0 Å². The van der Waals surface area contributed by atoms with E-state index in [0.29, 0.717) is 12.2 Å². The largest absolute Gasteiger partial charge is 0.323 e. The van der Waals surface area contributed by atoms with Crippen molar-refractivity contribution in [2.75, 3.05) is 5.32 Å². The van der Waals surface area contributed by atoms with Gasteiger partial charge in [-0.3, -0.25) is 14.5 Å². The van der Waals surface area contributed by atoms with Crippen LogP contribution in [0.4, 0.5) is 10.1 Å². The van der Waals surface area contributed by atoms with Gasteiger partial charge in [-0.1, -0.05) is 30.3 Å². The Bertz CT molecular complexity index is 1150. The summed E-state index contributed by atoms with van der Waals surface area (Å²) in [6.07, 6.45) is 8.50. The number of nitrogens with one attached hydrogen (secondary N) is 1. The maximum atomic E-state index is 13.0. The standard InChI is InChI=1S/C24H19FN4O/c25-21-9-11-22(12-10-21)27-23(30)13-8-20-17-29(16-18-5-2-1-3-6-18)28-24(20)19-7-4-14-26-15-19/h1-15,17H,16H2,(H,27,30)/b13-8+. The van der Waals surface area contributed by atoms with Crippen LogP contribution in [0.15, 0.2) is 91.4 Å². The molecule has 2 heterocycles. The lowest BCUT2D eigenvalue weighted by atomic mass is 10.1. The molecular weight excluding hydrogens is 379 g/mol. The summed E-state index contributed by atoms with van der Waals surface area (Å²) in [5.74, 6) is -0.662. The molecule has 0 unspecified atom stereocenters. The number of aromatic nitrogens is 3. The van der Waals surface area contributed by atoms with Gasteiger partial charge in [-0.15, -0.1) is 0 Å². The van der Waals surface area contributed by atoms with Crippen molar-refractivity contribution in [2.45, 2.75) is 6.54 Å². The minimum Gasteiger partial charge on any atom is -0.323 e. The lowest BCUT2D eigenvalue weighted by Crippen LogP contribution is -2.07. The van der Waals surface area contributed by atoms with Gasteiger partial charge >= 0.3 is 0 Å². The lowest BCUT2D eigenvalue weighted by Gasteiger charge is -2.01. The molecule has 0 saturated carbocycles. The highest BCUT2D eigenvalue weighted by atomic mass is 19.1. The number of amides is 1. The number of pyridine rings is 1. The van der Waals surface area contributed by atoms with Gasteiger partial charge in [0.15, 0.2) is 0 Å². The Morgan fingerprint density at radius 2 is 1.83 bits per heavy atom. The molecule has 0 aliphatic carbocycles. The van der Waals surface area contributed by atoms with Gasteiger partial charge in [0.05, 0.1) is 6.54 Å². The van der Waals surface area contributed by atoms with Gasteiger partial charge in [0.2, 0.25) is 5.91 Å². The van der Waals surface area contributed by atoms with Crippen LogP contribution in [0.2, 0.25) is 0 Å².